The molecule has 2 rings (SSSR count). The fraction of sp³-hybridized carbons (Fsp3) is 0.500. The van der Waals surface area contributed by atoms with Crippen LogP contribution in [-0.2, 0) is 18.2 Å². The van der Waals surface area contributed by atoms with Crippen molar-refractivity contribution in [3.63, 3.8) is 0 Å². The lowest BCUT2D eigenvalue weighted by Crippen LogP contribution is -2.09. The number of ether oxygens (including phenoxy) is 1. The van der Waals surface area contributed by atoms with Gasteiger partial charge in [-0.2, -0.15) is 10.2 Å². The summed E-state index contributed by atoms with van der Waals surface area (Å²) < 4.78 is 7.05. The summed E-state index contributed by atoms with van der Waals surface area (Å²) in [4.78, 5) is 12.0. The minimum absolute atomic E-state index is 0.316. The van der Waals surface area contributed by atoms with Crippen LogP contribution in [0.25, 0.3) is 0 Å². The van der Waals surface area contributed by atoms with Crippen molar-refractivity contribution in [1.82, 2.24) is 20.0 Å². The molecule has 2 aromatic heterocycles. The topological polar surface area (TPSA) is 72.8 Å². The number of H-pyrrole nitrogens is 1. The monoisotopic (exact) mass is 276 g/mol. The molecule has 0 aliphatic rings. The first-order chi connectivity index (χ1) is 9.45. The van der Waals surface area contributed by atoms with Crippen LogP contribution in [-0.4, -0.2) is 25.9 Å². The van der Waals surface area contributed by atoms with Gasteiger partial charge in [-0.05, 0) is 25.3 Å². The van der Waals surface area contributed by atoms with Gasteiger partial charge in [0.05, 0.1) is 6.20 Å². The number of esters is 1. The van der Waals surface area contributed by atoms with E-state index in [9.17, 15) is 4.79 Å². The van der Waals surface area contributed by atoms with Crippen LogP contribution >= 0.6 is 0 Å². The third-order valence-corrected chi connectivity index (χ3v) is 2.95. The van der Waals surface area contributed by atoms with Crippen LogP contribution in [0.2, 0.25) is 0 Å². The Balaban J connectivity index is 1.99. The Hall–Kier alpha value is -2.11. The molecule has 0 spiro atoms. The molecular formula is C14H20N4O2. The molecule has 108 valence electrons. The lowest BCUT2D eigenvalue weighted by molar-refractivity contribution is 0.0330. The van der Waals surface area contributed by atoms with Gasteiger partial charge in [-0.1, -0.05) is 13.8 Å². The van der Waals surface area contributed by atoms with Crippen LogP contribution in [0, 0.1) is 5.92 Å². The number of nitrogens with one attached hydrogen (secondary N) is 1. The molecule has 20 heavy (non-hydrogen) atoms. The zero-order valence-corrected chi connectivity index (χ0v) is 12.3. The van der Waals surface area contributed by atoms with E-state index in [1.165, 1.54) is 0 Å². The smallest absolute Gasteiger partial charge is 0.359 e. The standard InChI is InChI=1S/C14H20N4O2/c1-9(2)5-12-6-13(17-16-12)14(19)20-10(3)11-7-15-18(4)8-11/h6-10H,5H2,1-4H3,(H,16,17)/t10-/m0/s1. The molecule has 0 bridgehead atoms. The fourth-order valence-electron chi connectivity index (χ4n) is 1.95. The van der Waals surface area contributed by atoms with Gasteiger partial charge >= 0.3 is 5.97 Å². The number of aromatic nitrogens is 4. The van der Waals surface area contributed by atoms with Crippen LogP contribution in [0.5, 0.6) is 0 Å². The molecule has 0 aliphatic carbocycles. The first kappa shape index (κ1) is 14.3. The maximum Gasteiger partial charge on any atom is 0.359 e. The van der Waals surface area contributed by atoms with Gasteiger partial charge in [0.1, 0.15) is 6.10 Å². The largest absolute Gasteiger partial charge is 0.453 e. The maximum atomic E-state index is 12.0. The molecule has 1 atom stereocenters. The normalized spacial score (nSPS) is 12.7. The summed E-state index contributed by atoms with van der Waals surface area (Å²) in [5.41, 5.74) is 2.12. The van der Waals surface area contributed by atoms with Gasteiger partial charge in [-0.25, -0.2) is 4.79 Å². The van der Waals surface area contributed by atoms with E-state index >= 15 is 0 Å². The summed E-state index contributed by atoms with van der Waals surface area (Å²) in [6.07, 6.45) is 4.03. The second-order valence-corrected chi connectivity index (χ2v) is 5.37. The summed E-state index contributed by atoms with van der Waals surface area (Å²) in [5.74, 6) is 0.0845. The minimum Gasteiger partial charge on any atom is -0.453 e. The summed E-state index contributed by atoms with van der Waals surface area (Å²) >= 11 is 0. The molecule has 1 N–H and O–H groups in total. The van der Waals surface area contributed by atoms with Crippen molar-refractivity contribution in [2.24, 2.45) is 13.0 Å². The molecule has 0 aliphatic heterocycles. The van der Waals surface area contributed by atoms with E-state index in [4.69, 9.17) is 4.74 Å². The SMILES string of the molecule is CC(C)Cc1cc(C(=O)O[C@@H](C)c2cnn(C)c2)n[nH]1. The zero-order chi connectivity index (χ0) is 14.7. The van der Waals surface area contributed by atoms with Gasteiger partial charge in [-0.3, -0.25) is 9.78 Å². The Morgan fingerprint density at radius 2 is 2.20 bits per heavy atom. The maximum absolute atomic E-state index is 12.0. The van der Waals surface area contributed by atoms with E-state index in [-0.39, 0.29) is 6.10 Å². The average Bonchev–Trinajstić information content (AvgIpc) is 2.97. The van der Waals surface area contributed by atoms with Gasteiger partial charge in [0.2, 0.25) is 0 Å². The predicted molar refractivity (Wildman–Crippen MR) is 74.2 cm³/mol. The fourth-order valence-corrected chi connectivity index (χ4v) is 1.95. The number of aryl methyl sites for hydroxylation is 1. The molecule has 2 aromatic rings. The molecule has 0 fully saturated rings. The number of aromatic amines is 1. The lowest BCUT2D eigenvalue weighted by Gasteiger charge is -2.09. The third kappa shape index (κ3) is 3.46. The quantitative estimate of drug-likeness (QED) is 0.850. The van der Waals surface area contributed by atoms with E-state index in [0.717, 1.165) is 17.7 Å². The van der Waals surface area contributed by atoms with Crippen molar-refractivity contribution in [3.8, 4) is 0 Å². The minimum atomic E-state index is -0.424. The molecule has 0 amide bonds. The zero-order valence-electron chi connectivity index (χ0n) is 12.3. The highest BCUT2D eigenvalue weighted by Gasteiger charge is 2.17. The van der Waals surface area contributed by atoms with Crippen molar-refractivity contribution in [2.45, 2.75) is 33.3 Å². The van der Waals surface area contributed by atoms with Gasteiger partial charge in [0, 0.05) is 24.5 Å². The van der Waals surface area contributed by atoms with Crippen LogP contribution in [0.3, 0.4) is 0 Å². The second kappa shape index (κ2) is 5.90. The van der Waals surface area contributed by atoms with Crippen LogP contribution in [0.1, 0.15) is 48.6 Å². The molecule has 0 radical (unpaired) electrons. The van der Waals surface area contributed by atoms with E-state index in [1.54, 1.807) is 16.9 Å². The predicted octanol–water partition coefficient (Wildman–Crippen LogP) is 2.26. The van der Waals surface area contributed by atoms with Crippen molar-refractivity contribution in [3.05, 3.63) is 35.4 Å². The Morgan fingerprint density at radius 1 is 1.45 bits per heavy atom. The van der Waals surface area contributed by atoms with E-state index in [0.29, 0.717) is 11.6 Å². The van der Waals surface area contributed by atoms with Gasteiger partial charge in [0.25, 0.3) is 0 Å². The molecule has 2 heterocycles. The molecule has 6 heteroatoms. The number of rotatable bonds is 5. The van der Waals surface area contributed by atoms with Crippen LogP contribution in [0.15, 0.2) is 18.5 Å². The van der Waals surface area contributed by atoms with Gasteiger partial charge < -0.3 is 4.74 Å². The van der Waals surface area contributed by atoms with E-state index < -0.39 is 5.97 Å². The Kier molecular flexibility index (Phi) is 4.22. The average molecular weight is 276 g/mol. The number of hydrogen-bond acceptors (Lipinski definition) is 4. The molecule has 0 saturated carbocycles. The highest BCUT2D eigenvalue weighted by atomic mass is 16.5. The second-order valence-electron chi connectivity index (χ2n) is 5.37. The number of carbonyl (C=O) groups is 1. The highest BCUT2D eigenvalue weighted by Crippen LogP contribution is 2.17. The van der Waals surface area contributed by atoms with Crippen molar-refractivity contribution in [1.29, 1.82) is 0 Å². The van der Waals surface area contributed by atoms with Crippen molar-refractivity contribution >= 4 is 5.97 Å². The molecule has 0 unspecified atom stereocenters. The Morgan fingerprint density at radius 3 is 2.80 bits per heavy atom. The Bertz CT molecular complexity index is 586. The van der Waals surface area contributed by atoms with E-state index in [1.807, 2.05) is 20.2 Å². The first-order valence-corrected chi connectivity index (χ1v) is 6.69. The summed E-state index contributed by atoms with van der Waals surface area (Å²) in [6.45, 7) is 6.04. The molecule has 0 saturated heterocycles. The van der Waals surface area contributed by atoms with Gasteiger partial charge in [0.15, 0.2) is 5.69 Å². The summed E-state index contributed by atoms with van der Waals surface area (Å²) in [5, 5.41) is 10.9. The first-order valence-electron chi connectivity index (χ1n) is 6.69. The highest BCUT2D eigenvalue weighted by molar-refractivity contribution is 5.87. The van der Waals surface area contributed by atoms with E-state index in [2.05, 4.69) is 29.1 Å². The Labute approximate surface area is 118 Å². The van der Waals surface area contributed by atoms with Crippen LogP contribution in [0.4, 0.5) is 0 Å². The third-order valence-electron chi connectivity index (χ3n) is 2.95. The number of nitrogens with zero attached hydrogens (tertiary/aromatic N) is 3. The molecular weight excluding hydrogens is 256 g/mol. The molecule has 6 nitrogen and oxygen atoms in total. The van der Waals surface area contributed by atoms with Gasteiger partial charge in [-0.15, -0.1) is 0 Å². The summed E-state index contributed by atoms with van der Waals surface area (Å²) in [7, 11) is 1.82. The molecule has 0 aromatic carbocycles. The van der Waals surface area contributed by atoms with Crippen molar-refractivity contribution < 1.29 is 9.53 Å². The van der Waals surface area contributed by atoms with Crippen LogP contribution < -0.4 is 0 Å². The lowest BCUT2D eigenvalue weighted by atomic mass is 10.1. The van der Waals surface area contributed by atoms with Crippen molar-refractivity contribution in [2.75, 3.05) is 0 Å². The number of carbonyl (C=O) groups excluding carboxylic acids is 1. The summed E-state index contributed by atoms with van der Waals surface area (Å²) in [6, 6.07) is 1.75. The number of hydrogen-bond donors (Lipinski definition) is 1.